The van der Waals surface area contributed by atoms with Gasteiger partial charge in [-0.05, 0) is 25.0 Å². The van der Waals surface area contributed by atoms with Gasteiger partial charge in [0.2, 0.25) is 0 Å². The molecular formula is C13H12N2O4. The molecule has 3 rings (SSSR count). The molecule has 0 aromatic carbocycles. The fourth-order valence-electron chi connectivity index (χ4n) is 2.95. The minimum absolute atomic E-state index is 0.0556. The Bertz CT molecular complexity index is 555. The minimum atomic E-state index is -1.39. The normalized spacial score (nSPS) is 20.7. The van der Waals surface area contributed by atoms with E-state index >= 15 is 0 Å². The third-order valence-electron chi connectivity index (χ3n) is 3.90. The number of aromatic nitrogens is 1. The zero-order chi connectivity index (χ0) is 13.6. The summed E-state index contributed by atoms with van der Waals surface area (Å²) in [5.74, 6) is -2.25. The monoisotopic (exact) mass is 260 g/mol. The molecule has 0 unspecified atom stereocenters. The van der Waals surface area contributed by atoms with Crippen molar-refractivity contribution in [3.05, 3.63) is 29.6 Å². The van der Waals surface area contributed by atoms with E-state index in [0.29, 0.717) is 25.7 Å². The van der Waals surface area contributed by atoms with Crippen molar-refractivity contribution in [3.63, 3.8) is 0 Å². The number of hydrogen-bond donors (Lipinski definition) is 1. The van der Waals surface area contributed by atoms with Crippen LogP contribution in [0.5, 0.6) is 0 Å². The third kappa shape index (κ3) is 1.43. The molecule has 98 valence electrons. The Balaban J connectivity index is 2.11. The van der Waals surface area contributed by atoms with Gasteiger partial charge in [-0.1, -0.05) is 12.8 Å². The van der Waals surface area contributed by atoms with Crippen LogP contribution in [0.2, 0.25) is 0 Å². The number of amides is 2. The molecule has 1 fully saturated rings. The number of nitrogens with zero attached hydrogens (tertiary/aromatic N) is 2. The lowest BCUT2D eigenvalue weighted by Gasteiger charge is -2.32. The second-order valence-corrected chi connectivity index (χ2v) is 4.89. The second-order valence-electron chi connectivity index (χ2n) is 4.89. The number of rotatable bonds is 2. The van der Waals surface area contributed by atoms with Gasteiger partial charge in [-0.3, -0.25) is 19.5 Å². The van der Waals surface area contributed by atoms with Crippen LogP contribution in [0, 0.1) is 0 Å². The molecule has 1 aromatic heterocycles. The number of imide groups is 1. The van der Waals surface area contributed by atoms with Crippen molar-refractivity contribution in [2.75, 3.05) is 0 Å². The van der Waals surface area contributed by atoms with Crippen LogP contribution in [0.4, 0.5) is 0 Å². The van der Waals surface area contributed by atoms with E-state index in [9.17, 15) is 19.5 Å². The Labute approximate surface area is 109 Å². The van der Waals surface area contributed by atoms with Gasteiger partial charge in [-0.15, -0.1) is 0 Å². The fourth-order valence-corrected chi connectivity index (χ4v) is 2.95. The molecule has 0 radical (unpaired) electrons. The number of hydrogen-bond acceptors (Lipinski definition) is 4. The number of aliphatic carboxylic acids is 1. The number of carbonyl (C=O) groups is 3. The third-order valence-corrected chi connectivity index (χ3v) is 3.90. The van der Waals surface area contributed by atoms with Gasteiger partial charge in [0.25, 0.3) is 11.8 Å². The summed E-state index contributed by atoms with van der Waals surface area (Å²) in [4.78, 5) is 41.0. The van der Waals surface area contributed by atoms with Crippen LogP contribution in [0.25, 0.3) is 0 Å². The van der Waals surface area contributed by atoms with Crippen LogP contribution in [0.15, 0.2) is 18.3 Å². The second kappa shape index (κ2) is 3.88. The van der Waals surface area contributed by atoms with Gasteiger partial charge in [0.1, 0.15) is 11.2 Å². The van der Waals surface area contributed by atoms with Crippen molar-refractivity contribution in [3.8, 4) is 0 Å². The molecule has 1 aromatic rings. The number of pyridine rings is 1. The highest BCUT2D eigenvalue weighted by molar-refractivity contribution is 6.22. The van der Waals surface area contributed by atoms with Crippen LogP contribution in [-0.4, -0.2) is 38.3 Å². The number of carboxylic acid groups (broad SMARTS) is 1. The van der Waals surface area contributed by atoms with E-state index in [1.54, 1.807) is 6.07 Å². The van der Waals surface area contributed by atoms with Gasteiger partial charge in [0.05, 0.1) is 5.56 Å². The Morgan fingerprint density at radius 1 is 1.26 bits per heavy atom. The topological polar surface area (TPSA) is 87.6 Å². The average molecular weight is 260 g/mol. The molecule has 2 aliphatic rings. The Morgan fingerprint density at radius 3 is 2.53 bits per heavy atom. The molecule has 1 aliphatic heterocycles. The molecule has 6 heteroatoms. The number of carbonyl (C=O) groups excluding carboxylic acids is 2. The molecule has 6 nitrogen and oxygen atoms in total. The van der Waals surface area contributed by atoms with E-state index < -0.39 is 23.3 Å². The van der Waals surface area contributed by atoms with E-state index in [1.165, 1.54) is 12.3 Å². The SMILES string of the molecule is O=C1c2cccnc2C(=O)N1C1(C(=O)O)CCCC1. The number of fused-ring (bicyclic) bond motifs is 1. The van der Waals surface area contributed by atoms with Gasteiger partial charge in [0.15, 0.2) is 0 Å². The van der Waals surface area contributed by atoms with Crippen LogP contribution in [0.1, 0.15) is 46.5 Å². The first kappa shape index (κ1) is 11.8. The Morgan fingerprint density at radius 2 is 1.95 bits per heavy atom. The maximum absolute atomic E-state index is 12.3. The quantitative estimate of drug-likeness (QED) is 0.804. The first-order valence-electron chi connectivity index (χ1n) is 6.15. The highest BCUT2D eigenvalue weighted by atomic mass is 16.4. The Hall–Kier alpha value is -2.24. The standard InChI is InChI=1S/C13H12N2O4/c16-10-8-4-3-7-14-9(8)11(17)15(10)13(12(18)19)5-1-2-6-13/h3-4,7H,1-2,5-6H2,(H,18,19). The minimum Gasteiger partial charge on any atom is -0.479 e. The van der Waals surface area contributed by atoms with Gasteiger partial charge in [-0.25, -0.2) is 4.79 Å². The molecule has 1 N–H and O–H groups in total. The highest BCUT2D eigenvalue weighted by Crippen LogP contribution is 2.39. The molecule has 2 amide bonds. The molecule has 0 atom stereocenters. The average Bonchev–Trinajstić information content (AvgIpc) is 2.97. The summed E-state index contributed by atoms with van der Waals surface area (Å²) < 4.78 is 0. The largest absolute Gasteiger partial charge is 0.479 e. The smallest absolute Gasteiger partial charge is 0.330 e. The summed E-state index contributed by atoms with van der Waals surface area (Å²) in [6, 6.07) is 3.07. The molecule has 2 heterocycles. The highest BCUT2D eigenvalue weighted by Gasteiger charge is 2.55. The van der Waals surface area contributed by atoms with Crippen molar-refractivity contribution < 1.29 is 19.5 Å². The summed E-state index contributed by atoms with van der Waals surface area (Å²) in [6.45, 7) is 0. The van der Waals surface area contributed by atoms with Crippen molar-refractivity contribution in [1.29, 1.82) is 0 Å². The van der Waals surface area contributed by atoms with E-state index in [4.69, 9.17) is 0 Å². The zero-order valence-corrected chi connectivity index (χ0v) is 10.1. The van der Waals surface area contributed by atoms with Crippen molar-refractivity contribution >= 4 is 17.8 Å². The van der Waals surface area contributed by atoms with Gasteiger partial charge in [-0.2, -0.15) is 0 Å². The molecule has 0 spiro atoms. The fraction of sp³-hybridized carbons (Fsp3) is 0.385. The first-order chi connectivity index (χ1) is 9.08. The summed E-state index contributed by atoms with van der Waals surface area (Å²) in [7, 11) is 0. The van der Waals surface area contributed by atoms with Gasteiger partial charge >= 0.3 is 5.97 Å². The summed E-state index contributed by atoms with van der Waals surface area (Å²) in [6.07, 6.45) is 3.46. The van der Waals surface area contributed by atoms with Gasteiger partial charge < -0.3 is 5.11 Å². The molecule has 1 aliphatic carbocycles. The van der Waals surface area contributed by atoms with Crippen molar-refractivity contribution in [1.82, 2.24) is 9.88 Å². The maximum atomic E-state index is 12.3. The van der Waals surface area contributed by atoms with E-state index in [1.807, 2.05) is 0 Å². The molecule has 0 bridgehead atoms. The molecule has 19 heavy (non-hydrogen) atoms. The van der Waals surface area contributed by atoms with Crippen molar-refractivity contribution in [2.24, 2.45) is 0 Å². The van der Waals surface area contributed by atoms with Crippen LogP contribution < -0.4 is 0 Å². The van der Waals surface area contributed by atoms with Gasteiger partial charge in [0, 0.05) is 6.20 Å². The summed E-state index contributed by atoms with van der Waals surface area (Å²) in [5.41, 5.74) is -1.14. The summed E-state index contributed by atoms with van der Waals surface area (Å²) >= 11 is 0. The lowest BCUT2D eigenvalue weighted by Crippen LogP contribution is -2.55. The lowest BCUT2D eigenvalue weighted by molar-refractivity contribution is -0.148. The van der Waals surface area contributed by atoms with E-state index in [2.05, 4.69) is 4.98 Å². The molecule has 1 saturated carbocycles. The predicted octanol–water partition coefficient (Wildman–Crippen LogP) is 1.07. The predicted molar refractivity (Wildman–Crippen MR) is 63.6 cm³/mol. The molecular weight excluding hydrogens is 248 g/mol. The van der Waals surface area contributed by atoms with E-state index in [-0.39, 0.29) is 11.3 Å². The van der Waals surface area contributed by atoms with Crippen LogP contribution in [-0.2, 0) is 4.79 Å². The summed E-state index contributed by atoms with van der Waals surface area (Å²) in [5, 5.41) is 9.47. The number of carboxylic acids is 1. The molecule has 0 saturated heterocycles. The Kier molecular flexibility index (Phi) is 2.41. The lowest BCUT2D eigenvalue weighted by atomic mass is 9.95. The van der Waals surface area contributed by atoms with Crippen LogP contribution in [0.3, 0.4) is 0 Å². The first-order valence-corrected chi connectivity index (χ1v) is 6.15. The van der Waals surface area contributed by atoms with Crippen LogP contribution >= 0.6 is 0 Å². The van der Waals surface area contributed by atoms with E-state index in [0.717, 1.165) is 4.90 Å². The zero-order valence-electron chi connectivity index (χ0n) is 10.1. The van der Waals surface area contributed by atoms with Crippen molar-refractivity contribution in [2.45, 2.75) is 31.2 Å². The maximum Gasteiger partial charge on any atom is 0.330 e.